The highest BCUT2D eigenvalue weighted by Crippen LogP contribution is 2.25. The van der Waals surface area contributed by atoms with Gasteiger partial charge in [-0.2, -0.15) is 0 Å². The van der Waals surface area contributed by atoms with Crippen LogP contribution in [0, 0.1) is 0 Å². The number of nitrogens with one attached hydrogen (secondary N) is 1. The lowest BCUT2D eigenvalue weighted by Gasteiger charge is -2.19. The number of hydrogen-bond donors (Lipinski definition) is 1. The van der Waals surface area contributed by atoms with Gasteiger partial charge in [-0.1, -0.05) is 44.5 Å². The zero-order valence-electron chi connectivity index (χ0n) is 14.1. The lowest BCUT2D eigenvalue weighted by atomic mass is 9.87. The lowest BCUT2D eigenvalue weighted by molar-refractivity contribution is 0.102. The molecule has 2 rings (SSSR count). The lowest BCUT2D eigenvalue weighted by Crippen LogP contribution is -2.14. The van der Waals surface area contributed by atoms with Crippen LogP contribution in [-0.4, -0.2) is 20.6 Å². The Balaban J connectivity index is 2.27. The van der Waals surface area contributed by atoms with Crippen molar-refractivity contribution >= 4 is 33.0 Å². The molecule has 0 fully saturated rings. The fourth-order valence-electron chi connectivity index (χ4n) is 2.16. The second kappa shape index (κ2) is 6.57. The van der Waals surface area contributed by atoms with Crippen molar-refractivity contribution in [3.05, 3.63) is 58.6 Å². The van der Waals surface area contributed by atoms with Gasteiger partial charge in [0.2, 0.25) is 0 Å². The first-order valence-corrected chi connectivity index (χ1v) is 9.67. The van der Waals surface area contributed by atoms with Crippen molar-refractivity contribution in [2.45, 2.75) is 31.1 Å². The van der Waals surface area contributed by atoms with Crippen LogP contribution in [-0.2, 0) is 15.3 Å². The Bertz CT molecular complexity index is 866. The molecule has 24 heavy (non-hydrogen) atoms. The summed E-state index contributed by atoms with van der Waals surface area (Å²) in [6.45, 7) is 6.32. The quantitative estimate of drug-likeness (QED) is 0.882. The maximum Gasteiger partial charge on any atom is 0.257 e. The molecule has 0 bridgehead atoms. The molecule has 0 spiro atoms. The number of hydrogen-bond acceptors (Lipinski definition) is 3. The van der Waals surface area contributed by atoms with Gasteiger partial charge in [0.1, 0.15) is 0 Å². The molecule has 0 saturated carbocycles. The standard InChI is InChI=1S/C18H20ClNO3S/c1-18(2,3)12-5-7-13(8-6-12)20-17(21)15-11-14(24(4,22)23)9-10-16(15)19/h5-11H,1-4H3,(H,20,21). The van der Waals surface area contributed by atoms with E-state index in [0.29, 0.717) is 5.69 Å². The second-order valence-corrected chi connectivity index (χ2v) is 9.12. The summed E-state index contributed by atoms with van der Waals surface area (Å²) in [4.78, 5) is 12.5. The van der Waals surface area contributed by atoms with Crippen LogP contribution in [0.4, 0.5) is 5.69 Å². The molecule has 4 nitrogen and oxygen atoms in total. The molecule has 0 heterocycles. The van der Waals surface area contributed by atoms with Crippen molar-refractivity contribution in [3.63, 3.8) is 0 Å². The third kappa shape index (κ3) is 4.36. The van der Waals surface area contributed by atoms with E-state index in [1.165, 1.54) is 18.2 Å². The largest absolute Gasteiger partial charge is 0.322 e. The van der Waals surface area contributed by atoms with Gasteiger partial charge in [-0.3, -0.25) is 4.79 Å². The summed E-state index contributed by atoms with van der Waals surface area (Å²) in [5.74, 6) is -0.450. The molecular formula is C18H20ClNO3S. The average molecular weight is 366 g/mol. The van der Waals surface area contributed by atoms with E-state index in [1.54, 1.807) is 0 Å². The summed E-state index contributed by atoms with van der Waals surface area (Å²) < 4.78 is 23.3. The van der Waals surface area contributed by atoms with Crippen LogP contribution in [0.3, 0.4) is 0 Å². The number of benzene rings is 2. The van der Waals surface area contributed by atoms with Crippen molar-refractivity contribution in [1.82, 2.24) is 0 Å². The van der Waals surface area contributed by atoms with Gasteiger partial charge in [-0.05, 0) is 41.3 Å². The Kier molecular flexibility index (Phi) is 5.06. The van der Waals surface area contributed by atoms with Crippen molar-refractivity contribution in [2.75, 3.05) is 11.6 Å². The predicted molar refractivity (Wildman–Crippen MR) is 97.7 cm³/mol. The number of rotatable bonds is 3. The van der Waals surface area contributed by atoms with Crippen LogP contribution >= 0.6 is 11.6 Å². The van der Waals surface area contributed by atoms with E-state index >= 15 is 0 Å². The molecule has 6 heteroatoms. The first kappa shape index (κ1) is 18.5. The van der Waals surface area contributed by atoms with Crippen molar-refractivity contribution in [2.24, 2.45) is 0 Å². The van der Waals surface area contributed by atoms with Gasteiger partial charge >= 0.3 is 0 Å². The predicted octanol–water partition coefficient (Wildman–Crippen LogP) is 4.29. The third-order valence-electron chi connectivity index (χ3n) is 3.62. The van der Waals surface area contributed by atoms with Crippen LogP contribution in [0.15, 0.2) is 47.4 Å². The zero-order chi connectivity index (χ0) is 18.1. The summed E-state index contributed by atoms with van der Waals surface area (Å²) in [5, 5.41) is 2.94. The van der Waals surface area contributed by atoms with Gasteiger partial charge in [-0.15, -0.1) is 0 Å². The van der Waals surface area contributed by atoms with Crippen molar-refractivity contribution in [3.8, 4) is 0 Å². The van der Waals surface area contributed by atoms with Crippen LogP contribution < -0.4 is 5.32 Å². The highest BCUT2D eigenvalue weighted by molar-refractivity contribution is 7.90. The third-order valence-corrected chi connectivity index (χ3v) is 5.06. The van der Waals surface area contributed by atoms with Crippen molar-refractivity contribution in [1.29, 1.82) is 0 Å². The molecular weight excluding hydrogens is 346 g/mol. The van der Waals surface area contributed by atoms with Gasteiger partial charge in [0.15, 0.2) is 9.84 Å². The first-order chi connectivity index (χ1) is 11.0. The Morgan fingerprint density at radius 3 is 2.12 bits per heavy atom. The molecule has 1 N–H and O–H groups in total. The highest BCUT2D eigenvalue weighted by atomic mass is 35.5. The van der Waals surface area contributed by atoms with Crippen LogP contribution in [0.25, 0.3) is 0 Å². The fraction of sp³-hybridized carbons (Fsp3) is 0.278. The van der Waals surface area contributed by atoms with E-state index < -0.39 is 15.7 Å². The second-order valence-electron chi connectivity index (χ2n) is 6.70. The van der Waals surface area contributed by atoms with E-state index in [-0.39, 0.29) is 20.9 Å². The van der Waals surface area contributed by atoms with Crippen LogP contribution in [0.5, 0.6) is 0 Å². The number of carbonyl (C=O) groups excluding carboxylic acids is 1. The SMILES string of the molecule is CC(C)(C)c1ccc(NC(=O)c2cc(S(C)(=O)=O)ccc2Cl)cc1. The van der Waals surface area contributed by atoms with Gasteiger partial charge in [-0.25, -0.2) is 8.42 Å². The summed E-state index contributed by atoms with van der Waals surface area (Å²) in [5.41, 5.74) is 1.92. The fourth-order valence-corrected chi connectivity index (χ4v) is 3.01. The van der Waals surface area contributed by atoms with Crippen LogP contribution in [0.1, 0.15) is 36.7 Å². The molecule has 0 radical (unpaired) electrons. The van der Waals surface area contributed by atoms with E-state index in [1.807, 2.05) is 24.3 Å². The number of carbonyl (C=O) groups is 1. The molecule has 0 aliphatic carbocycles. The number of halogens is 1. The maximum atomic E-state index is 12.4. The minimum atomic E-state index is -3.41. The van der Waals surface area contributed by atoms with E-state index in [4.69, 9.17) is 11.6 Å². The summed E-state index contributed by atoms with van der Waals surface area (Å²) >= 11 is 6.04. The minimum Gasteiger partial charge on any atom is -0.322 e. The number of amides is 1. The van der Waals surface area contributed by atoms with E-state index in [9.17, 15) is 13.2 Å². The topological polar surface area (TPSA) is 63.2 Å². The summed E-state index contributed by atoms with van der Waals surface area (Å²) in [6, 6.07) is 11.6. The number of sulfone groups is 1. The molecule has 0 aromatic heterocycles. The summed E-state index contributed by atoms with van der Waals surface area (Å²) in [7, 11) is -3.41. The molecule has 0 unspecified atom stereocenters. The average Bonchev–Trinajstić information content (AvgIpc) is 2.46. The summed E-state index contributed by atoms with van der Waals surface area (Å²) in [6.07, 6.45) is 1.09. The van der Waals surface area contributed by atoms with E-state index in [2.05, 4.69) is 26.1 Å². The van der Waals surface area contributed by atoms with Gasteiger partial charge in [0, 0.05) is 11.9 Å². The molecule has 0 saturated heterocycles. The Labute approximate surface area is 147 Å². The van der Waals surface area contributed by atoms with E-state index in [0.717, 1.165) is 11.8 Å². The molecule has 0 atom stereocenters. The molecule has 2 aromatic rings. The zero-order valence-corrected chi connectivity index (χ0v) is 15.6. The Hall–Kier alpha value is -1.85. The van der Waals surface area contributed by atoms with Crippen molar-refractivity contribution < 1.29 is 13.2 Å². The highest BCUT2D eigenvalue weighted by Gasteiger charge is 2.17. The van der Waals surface area contributed by atoms with Gasteiger partial charge in [0.05, 0.1) is 15.5 Å². The minimum absolute atomic E-state index is 0.0235. The van der Waals surface area contributed by atoms with Crippen LogP contribution in [0.2, 0.25) is 5.02 Å². The van der Waals surface area contributed by atoms with Gasteiger partial charge in [0.25, 0.3) is 5.91 Å². The maximum absolute atomic E-state index is 12.4. The molecule has 128 valence electrons. The number of anilines is 1. The Morgan fingerprint density at radius 2 is 1.62 bits per heavy atom. The molecule has 2 aromatic carbocycles. The molecule has 1 amide bonds. The monoisotopic (exact) mass is 365 g/mol. The normalized spacial score (nSPS) is 12.0. The smallest absolute Gasteiger partial charge is 0.257 e. The molecule has 0 aliphatic heterocycles. The Morgan fingerprint density at radius 1 is 1.04 bits per heavy atom. The molecule has 0 aliphatic rings. The first-order valence-electron chi connectivity index (χ1n) is 7.40. The van der Waals surface area contributed by atoms with Gasteiger partial charge < -0.3 is 5.32 Å².